The summed E-state index contributed by atoms with van der Waals surface area (Å²) in [6.45, 7) is 7.17. The van der Waals surface area contributed by atoms with Crippen LogP contribution >= 0.6 is 0 Å². The summed E-state index contributed by atoms with van der Waals surface area (Å²) < 4.78 is 0. The molecule has 0 aromatic carbocycles. The lowest BCUT2D eigenvalue weighted by Crippen LogP contribution is -2.11. The van der Waals surface area contributed by atoms with Crippen molar-refractivity contribution in [2.75, 3.05) is 0 Å². The molecule has 0 aliphatic rings. The number of unbranched alkanes of at least 4 members (excludes halogenated alkanes) is 16. The Labute approximate surface area is 180 Å². The van der Waals surface area contributed by atoms with Gasteiger partial charge in [-0.25, -0.2) is 0 Å². The Morgan fingerprint density at radius 1 is 0.571 bits per heavy atom. The topological polar surface area (TPSA) is 0 Å². The third-order valence-electron chi connectivity index (χ3n) is 6.77. The van der Waals surface area contributed by atoms with E-state index in [4.69, 9.17) is 6.42 Å². The van der Waals surface area contributed by atoms with E-state index < -0.39 is 0 Å². The van der Waals surface area contributed by atoms with E-state index in [2.05, 4.69) is 26.7 Å². The third-order valence-corrected chi connectivity index (χ3v) is 6.77. The highest BCUT2D eigenvalue weighted by Gasteiger charge is 2.15. The van der Waals surface area contributed by atoms with Crippen molar-refractivity contribution in [2.24, 2.45) is 11.8 Å². The van der Waals surface area contributed by atoms with Crippen LogP contribution in [0.15, 0.2) is 0 Å². The summed E-state index contributed by atoms with van der Waals surface area (Å²) in [6, 6.07) is 0. The van der Waals surface area contributed by atoms with E-state index in [1.807, 2.05) is 0 Å². The van der Waals surface area contributed by atoms with Gasteiger partial charge in [-0.3, -0.25) is 0 Å². The van der Waals surface area contributed by atoms with Gasteiger partial charge in [0, 0.05) is 6.42 Å². The summed E-state index contributed by atoms with van der Waals surface area (Å²) >= 11 is 0. The quantitative estimate of drug-likeness (QED) is 0.127. The van der Waals surface area contributed by atoms with Crippen molar-refractivity contribution in [1.82, 2.24) is 0 Å². The minimum atomic E-state index is 0.916. The van der Waals surface area contributed by atoms with E-state index in [1.54, 1.807) is 0 Å². The minimum absolute atomic E-state index is 0.916. The zero-order chi connectivity index (χ0) is 20.7. The second-order valence-electron chi connectivity index (χ2n) is 9.33. The minimum Gasteiger partial charge on any atom is -0.120 e. The monoisotopic (exact) mass is 390 g/mol. The van der Waals surface area contributed by atoms with E-state index in [9.17, 15) is 0 Å². The molecular formula is C28H54. The fourth-order valence-electron chi connectivity index (χ4n) is 4.46. The Morgan fingerprint density at radius 2 is 0.964 bits per heavy atom. The van der Waals surface area contributed by atoms with Crippen LogP contribution < -0.4 is 0 Å². The SMILES string of the molecule is C#CCCCCCCCCC(CCCCCCCCCCCCC)C(C)CC. The first-order valence-corrected chi connectivity index (χ1v) is 13.2. The first kappa shape index (κ1) is 27.6. The maximum absolute atomic E-state index is 5.32. The van der Waals surface area contributed by atoms with E-state index >= 15 is 0 Å². The first-order chi connectivity index (χ1) is 13.8. The average Bonchev–Trinajstić information content (AvgIpc) is 2.71. The highest BCUT2D eigenvalue weighted by molar-refractivity contribution is 4.82. The zero-order valence-electron chi connectivity index (χ0n) is 20.1. The lowest BCUT2D eigenvalue weighted by atomic mass is 9.83. The molecule has 0 aliphatic heterocycles. The predicted octanol–water partition coefficient (Wildman–Crippen LogP) is 10.1. The predicted molar refractivity (Wildman–Crippen MR) is 130 cm³/mol. The summed E-state index contributed by atoms with van der Waals surface area (Å²) in [4.78, 5) is 0. The molecule has 2 unspecified atom stereocenters. The molecule has 0 rings (SSSR count). The van der Waals surface area contributed by atoms with Crippen molar-refractivity contribution in [3.05, 3.63) is 0 Å². The molecule has 0 aromatic heterocycles. The summed E-state index contributed by atoms with van der Waals surface area (Å²) in [7, 11) is 0. The molecule has 0 N–H and O–H groups in total. The Kier molecular flexibility index (Phi) is 22.5. The smallest absolute Gasteiger partial charge is 0.00860 e. The van der Waals surface area contributed by atoms with E-state index in [0.29, 0.717) is 0 Å². The number of hydrogen-bond donors (Lipinski definition) is 0. The number of hydrogen-bond acceptors (Lipinski definition) is 0. The van der Waals surface area contributed by atoms with Crippen LogP contribution in [0.3, 0.4) is 0 Å². The van der Waals surface area contributed by atoms with Crippen molar-refractivity contribution in [2.45, 2.75) is 156 Å². The van der Waals surface area contributed by atoms with Crippen LogP contribution in [0.2, 0.25) is 0 Å². The van der Waals surface area contributed by atoms with Crippen molar-refractivity contribution >= 4 is 0 Å². The summed E-state index contributed by atoms with van der Waals surface area (Å²) in [6.07, 6.45) is 34.9. The Balaban J connectivity index is 3.59. The van der Waals surface area contributed by atoms with Gasteiger partial charge in [0.25, 0.3) is 0 Å². The van der Waals surface area contributed by atoms with Gasteiger partial charge < -0.3 is 0 Å². The van der Waals surface area contributed by atoms with Crippen LogP contribution in [0.5, 0.6) is 0 Å². The van der Waals surface area contributed by atoms with Crippen LogP contribution in [0.25, 0.3) is 0 Å². The third kappa shape index (κ3) is 18.9. The van der Waals surface area contributed by atoms with E-state index in [0.717, 1.165) is 18.3 Å². The molecule has 0 radical (unpaired) electrons. The molecule has 166 valence electrons. The van der Waals surface area contributed by atoms with Crippen molar-refractivity contribution in [3.63, 3.8) is 0 Å². The van der Waals surface area contributed by atoms with Crippen LogP contribution in [0.4, 0.5) is 0 Å². The summed E-state index contributed by atoms with van der Waals surface area (Å²) in [5.41, 5.74) is 0. The van der Waals surface area contributed by atoms with Crippen molar-refractivity contribution in [3.8, 4) is 12.3 Å². The highest BCUT2D eigenvalue weighted by Crippen LogP contribution is 2.27. The number of rotatable bonds is 22. The van der Waals surface area contributed by atoms with Crippen LogP contribution in [-0.2, 0) is 0 Å². The fourth-order valence-corrected chi connectivity index (χ4v) is 4.46. The maximum atomic E-state index is 5.32. The first-order valence-electron chi connectivity index (χ1n) is 13.2. The molecule has 0 saturated heterocycles. The molecule has 0 aliphatic carbocycles. The number of terminal acetylenes is 1. The largest absolute Gasteiger partial charge is 0.120 e. The fraction of sp³-hybridized carbons (Fsp3) is 0.929. The second-order valence-corrected chi connectivity index (χ2v) is 9.33. The van der Waals surface area contributed by atoms with Gasteiger partial charge in [-0.15, -0.1) is 12.3 Å². The standard InChI is InChI=1S/C28H54/c1-5-8-10-12-14-16-17-18-20-22-24-26-28(27(4)7-3)25-23-21-19-15-13-11-9-6-2/h2,27-28H,5,7-26H2,1,3-4H3. The van der Waals surface area contributed by atoms with Gasteiger partial charge in [-0.05, 0) is 18.3 Å². The lowest BCUT2D eigenvalue weighted by molar-refractivity contribution is 0.288. The Bertz CT molecular complexity index is 323. The molecule has 0 nitrogen and oxygen atoms in total. The van der Waals surface area contributed by atoms with Crippen molar-refractivity contribution < 1.29 is 0 Å². The Hall–Kier alpha value is -0.440. The van der Waals surface area contributed by atoms with Gasteiger partial charge >= 0.3 is 0 Å². The Morgan fingerprint density at radius 3 is 1.36 bits per heavy atom. The molecule has 0 saturated carbocycles. The molecule has 0 fully saturated rings. The van der Waals surface area contributed by atoms with E-state index in [-0.39, 0.29) is 0 Å². The molecule has 0 spiro atoms. The highest BCUT2D eigenvalue weighted by atomic mass is 14.2. The molecule has 0 bridgehead atoms. The van der Waals surface area contributed by atoms with Gasteiger partial charge in [0.05, 0.1) is 0 Å². The second kappa shape index (κ2) is 22.8. The van der Waals surface area contributed by atoms with E-state index in [1.165, 1.54) is 128 Å². The molecule has 0 amide bonds. The average molecular weight is 391 g/mol. The van der Waals surface area contributed by atoms with Crippen molar-refractivity contribution in [1.29, 1.82) is 0 Å². The van der Waals surface area contributed by atoms with Crippen LogP contribution in [0, 0.1) is 24.2 Å². The van der Waals surface area contributed by atoms with Gasteiger partial charge in [0.15, 0.2) is 0 Å². The van der Waals surface area contributed by atoms with Gasteiger partial charge in [-0.2, -0.15) is 0 Å². The molecule has 0 heterocycles. The van der Waals surface area contributed by atoms with Crippen LogP contribution in [0.1, 0.15) is 156 Å². The zero-order valence-corrected chi connectivity index (χ0v) is 20.1. The van der Waals surface area contributed by atoms with Gasteiger partial charge in [-0.1, -0.05) is 143 Å². The molecule has 0 aromatic rings. The summed E-state index contributed by atoms with van der Waals surface area (Å²) in [5.74, 6) is 4.64. The molecule has 0 heteroatoms. The lowest BCUT2D eigenvalue weighted by Gasteiger charge is -2.23. The molecular weight excluding hydrogens is 336 g/mol. The van der Waals surface area contributed by atoms with Crippen LogP contribution in [-0.4, -0.2) is 0 Å². The maximum Gasteiger partial charge on any atom is 0.00860 e. The normalized spacial score (nSPS) is 13.4. The van der Waals surface area contributed by atoms with Gasteiger partial charge in [0.1, 0.15) is 0 Å². The molecule has 28 heavy (non-hydrogen) atoms. The summed E-state index contributed by atoms with van der Waals surface area (Å²) in [5, 5.41) is 0. The molecule has 2 atom stereocenters. The van der Waals surface area contributed by atoms with Gasteiger partial charge in [0.2, 0.25) is 0 Å².